The van der Waals surface area contributed by atoms with Crippen molar-refractivity contribution in [3.63, 3.8) is 0 Å². The third-order valence-electron chi connectivity index (χ3n) is 10.3. The van der Waals surface area contributed by atoms with Crippen molar-refractivity contribution in [1.82, 2.24) is 15.0 Å². The lowest BCUT2D eigenvalue weighted by molar-refractivity contribution is 1.07. The third kappa shape index (κ3) is 6.06. The number of anilines is 3. The van der Waals surface area contributed by atoms with Gasteiger partial charge in [0.05, 0.1) is 11.4 Å². The normalized spacial score (nSPS) is 11.6. The maximum Gasteiger partial charge on any atom is 0.164 e. The molecule has 4 heteroatoms. The molecule has 9 aromatic rings. The molecule has 0 saturated heterocycles. The zero-order valence-electron chi connectivity index (χ0n) is 29.9. The summed E-state index contributed by atoms with van der Waals surface area (Å²) in [6.07, 6.45) is 0. The number of hydrogen-bond donors (Lipinski definition) is 0. The second-order valence-electron chi connectivity index (χ2n) is 13.7. The highest BCUT2D eigenvalue weighted by molar-refractivity contribution is 6.03. The quantitative estimate of drug-likeness (QED) is 0.173. The van der Waals surface area contributed by atoms with Gasteiger partial charge in [0.25, 0.3) is 0 Å². The molecule has 0 N–H and O–H groups in total. The molecule has 0 unspecified atom stereocenters. The van der Waals surface area contributed by atoms with Gasteiger partial charge in [-0.3, -0.25) is 0 Å². The van der Waals surface area contributed by atoms with Gasteiger partial charge in [-0.1, -0.05) is 164 Å². The van der Waals surface area contributed by atoms with Gasteiger partial charge in [-0.05, 0) is 75.8 Å². The van der Waals surface area contributed by atoms with Crippen LogP contribution in [0.3, 0.4) is 0 Å². The summed E-state index contributed by atoms with van der Waals surface area (Å²) in [5.74, 6) is 1.94. The molecule has 0 saturated carbocycles. The fourth-order valence-electron chi connectivity index (χ4n) is 7.61. The van der Waals surface area contributed by atoms with Crippen molar-refractivity contribution in [2.45, 2.75) is 0 Å². The standard InChI is InChI=1S/C51H34N4/c1-4-16-35(17-5-1)49-52-50(36-18-6-2-7-19-36)54-51(53-49)41-23-15-22-39(33-41)37-20-14-21-38(32-37)40-30-31-48-46(34-40)44-27-11-10-26-43(44)45-28-12-13-29-47(45)55(48)42-24-8-3-9-25-42/h1-34H. The maximum atomic E-state index is 4.98. The van der Waals surface area contributed by atoms with Gasteiger partial charge in [0.1, 0.15) is 0 Å². The van der Waals surface area contributed by atoms with Crippen molar-refractivity contribution in [2.75, 3.05) is 4.90 Å². The van der Waals surface area contributed by atoms with Gasteiger partial charge in [0, 0.05) is 33.5 Å². The molecule has 2 heterocycles. The Kier molecular flexibility index (Phi) is 8.12. The molecule has 0 spiro atoms. The van der Waals surface area contributed by atoms with Gasteiger partial charge in [-0.25, -0.2) is 15.0 Å². The first-order chi connectivity index (χ1) is 27.3. The zero-order valence-corrected chi connectivity index (χ0v) is 29.9. The predicted molar refractivity (Wildman–Crippen MR) is 226 cm³/mol. The largest absolute Gasteiger partial charge is 0.309 e. The number of aromatic nitrogens is 3. The van der Waals surface area contributed by atoms with E-state index in [0.29, 0.717) is 17.5 Å². The van der Waals surface area contributed by atoms with Crippen molar-refractivity contribution in [3.8, 4) is 78.7 Å². The average molecular weight is 703 g/mol. The van der Waals surface area contributed by atoms with Crippen LogP contribution in [0, 0.1) is 0 Å². The Morgan fingerprint density at radius 2 is 0.655 bits per heavy atom. The van der Waals surface area contributed by atoms with Crippen molar-refractivity contribution in [3.05, 3.63) is 206 Å². The fraction of sp³-hybridized carbons (Fsp3) is 0. The van der Waals surface area contributed by atoms with Crippen molar-refractivity contribution in [2.24, 2.45) is 0 Å². The summed E-state index contributed by atoms with van der Waals surface area (Å²) >= 11 is 0. The molecule has 0 bridgehead atoms. The van der Waals surface area contributed by atoms with Crippen LogP contribution >= 0.6 is 0 Å². The molecule has 1 aromatic heterocycles. The van der Waals surface area contributed by atoms with Crippen LogP contribution in [0.2, 0.25) is 0 Å². The number of nitrogens with zero attached hydrogens (tertiary/aromatic N) is 4. The van der Waals surface area contributed by atoms with Crippen LogP contribution in [-0.4, -0.2) is 15.0 Å². The number of para-hydroxylation sites is 2. The summed E-state index contributed by atoms with van der Waals surface area (Å²) in [5, 5.41) is 0. The van der Waals surface area contributed by atoms with E-state index < -0.39 is 0 Å². The van der Waals surface area contributed by atoms with Crippen molar-refractivity contribution >= 4 is 17.1 Å². The second kappa shape index (κ2) is 13.8. The molecule has 1 aliphatic rings. The summed E-state index contributed by atoms with van der Waals surface area (Å²) < 4.78 is 0. The van der Waals surface area contributed by atoms with Gasteiger partial charge in [-0.2, -0.15) is 0 Å². The first kappa shape index (κ1) is 32.2. The van der Waals surface area contributed by atoms with Gasteiger partial charge in [0.15, 0.2) is 17.5 Å². The molecule has 0 aliphatic carbocycles. The Balaban J connectivity index is 1.07. The monoisotopic (exact) mass is 702 g/mol. The molecular formula is C51H34N4. The van der Waals surface area contributed by atoms with Gasteiger partial charge >= 0.3 is 0 Å². The van der Waals surface area contributed by atoms with Crippen molar-refractivity contribution in [1.29, 1.82) is 0 Å². The molecule has 0 atom stereocenters. The average Bonchev–Trinajstić information content (AvgIpc) is 3.40. The summed E-state index contributed by atoms with van der Waals surface area (Å²) in [5.41, 5.74) is 15.6. The van der Waals surface area contributed by atoms with E-state index in [4.69, 9.17) is 15.0 Å². The molecular weight excluding hydrogens is 669 g/mol. The Bertz CT molecular complexity index is 2760. The van der Waals surface area contributed by atoms with E-state index in [9.17, 15) is 0 Å². The first-order valence-corrected chi connectivity index (χ1v) is 18.5. The SMILES string of the molecule is c1ccc(-c2nc(-c3ccccc3)nc(-c3cccc(-c4cccc(-c5ccc6c(c5)-c5ccccc5-c5ccccc5N6c5ccccc5)c4)c3)n2)cc1. The van der Waals surface area contributed by atoms with Gasteiger partial charge < -0.3 is 4.90 Å². The summed E-state index contributed by atoms with van der Waals surface area (Å²) in [4.78, 5) is 17.2. The highest BCUT2D eigenvalue weighted by Crippen LogP contribution is 2.51. The molecule has 258 valence electrons. The van der Waals surface area contributed by atoms with E-state index >= 15 is 0 Å². The lowest BCUT2D eigenvalue weighted by atomic mass is 9.92. The molecule has 0 amide bonds. The summed E-state index contributed by atoms with van der Waals surface area (Å²) in [7, 11) is 0. The van der Waals surface area contributed by atoms with Crippen LogP contribution in [0.4, 0.5) is 17.1 Å². The van der Waals surface area contributed by atoms with Crippen LogP contribution < -0.4 is 4.90 Å². The van der Waals surface area contributed by atoms with E-state index in [-0.39, 0.29) is 0 Å². The Hall–Kier alpha value is -7.43. The number of fused-ring (bicyclic) bond motifs is 5. The lowest BCUT2D eigenvalue weighted by Gasteiger charge is -2.27. The van der Waals surface area contributed by atoms with Crippen molar-refractivity contribution < 1.29 is 0 Å². The maximum absolute atomic E-state index is 4.98. The van der Waals surface area contributed by atoms with Gasteiger partial charge in [0.2, 0.25) is 0 Å². The van der Waals surface area contributed by atoms with Crippen LogP contribution in [0.15, 0.2) is 206 Å². The number of rotatable bonds is 6. The van der Waals surface area contributed by atoms with E-state index in [1.54, 1.807) is 0 Å². The second-order valence-corrected chi connectivity index (χ2v) is 13.7. The third-order valence-corrected chi connectivity index (χ3v) is 10.3. The van der Waals surface area contributed by atoms with E-state index in [0.717, 1.165) is 50.3 Å². The zero-order chi connectivity index (χ0) is 36.6. The minimum absolute atomic E-state index is 0.638. The van der Waals surface area contributed by atoms with Crippen LogP contribution in [0.25, 0.3) is 78.7 Å². The molecule has 0 fully saturated rings. The summed E-state index contributed by atoms with van der Waals surface area (Å²) in [6, 6.07) is 72.5. The minimum Gasteiger partial charge on any atom is -0.309 e. The molecule has 8 aromatic carbocycles. The number of hydrogen-bond acceptors (Lipinski definition) is 4. The molecule has 10 rings (SSSR count). The smallest absolute Gasteiger partial charge is 0.164 e. The molecule has 0 radical (unpaired) electrons. The first-order valence-electron chi connectivity index (χ1n) is 18.5. The fourth-order valence-corrected chi connectivity index (χ4v) is 7.61. The Morgan fingerprint density at radius 3 is 1.25 bits per heavy atom. The van der Waals surface area contributed by atoms with E-state index in [1.165, 1.54) is 27.9 Å². The minimum atomic E-state index is 0.638. The van der Waals surface area contributed by atoms with E-state index in [2.05, 4.69) is 150 Å². The van der Waals surface area contributed by atoms with E-state index in [1.807, 2.05) is 60.7 Å². The predicted octanol–water partition coefficient (Wildman–Crippen LogP) is 13.3. The molecule has 1 aliphatic heterocycles. The topological polar surface area (TPSA) is 41.9 Å². The van der Waals surface area contributed by atoms with Gasteiger partial charge in [-0.15, -0.1) is 0 Å². The Morgan fingerprint density at radius 1 is 0.255 bits per heavy atom. The van der Waals surface area contributed by atoms with Crippen LogP contribution in [0.1, 0.15) is 0 Å². The lowest BCUT2D eigenvalue weighted by Crippen LogP contribution is -2.10. The highest BCUT2D eigenvalue weighted by atomic mass is 15.1. The molecule has 55 heavy (non-hydrogen) atoms. The highest BCUT2D eigenvalue weighted by Gasteiger charge is 2.26. The Labute approximate surface area is 320 Å². The van der Waals surface area contributed by atoms with Crippen LogP contribution in [-0.2, 0) is 0 Å². The summed E-state index contributed by atoms with van der Waals surface area (Å²) in [6.45, 7) is 0. The molecule has 4 nitrogen and oxygen atoms in total. The van der Waals surface area contributed by atoms with Crippen LogP contribution in [0.5, 0.6) is 0 Å². The number of benzene rings is 8.